The molecule has 1 aromatic rings. The number of thiophene rings is 1. The lowest BCUT2D eigenvalue weighted by Gasteiger charge is -2.32. The Balaban J connectivity index is 1.43. The maximum Gasteiger partial charge on any atom is 0.224 e. The molecule has 0 radical (unpaired) electrons. The third kappa shape index (κ3) is 3.50. The topological polar surface area (TPSA) is 66.6 Å². The van der Waals surface area contributed by atoms with Gasteiger partial charge in [-0.05, 0) is 49.4 Å². The molecular weight excluding hydrogens is 298 g/mol. The summed E-state index contributed by atoms with van der Waals surface area (Å²) in [5.74, 6) is 0.0792. The fourth-order valence-corrected chi connectivity index (χ4v) is 4.20. The molecule has 22 heavy (non-hydrogen) atoms. The summed E-state index contributed by atoms with van der Waals surface area (Å²) < 4.78 is 0. The average molecular weight is 321 g/mol. The molecule has 0 unspecified atom stereocenters. The van der Waals surface area contributed by atoms with Gasteiger partial charge in [0.1, 0.15) is 0 Å². The minimum Gasteiger partial charge on any atom is -0.369 e. The zero-order valence-corrected chi connectivity index (χ0v) is 13.6. The minimum absolute atomic E-state index is 0.0195. The van der Waals surface area contributed by atoms with Gasteiger partial charge < -0.3 is 15.5 Å². The summed E-state index contributed by atoms with van der Waals surface area (Å²) in [6.07, 6.45) is 3.21. The molecule has 1 fully saturated rings. The SMILES string of the molecule is NC(=O)C1CCN(CCC(=O)N2CCc3sccc3C2)CC1. The number of hydrogen-bond donors (Lipinski definition) is 1. The summed E-state index contributed by atoms with van der Waals surface area (Å²) in [7, 11) is 0. The normalized spacial score (nSPS) is 19.9. The first-order chi connectivity index (χ1) is 10.6. The van der Waals surface area contributed by atoms with E-state index in [0.29, 0.717) is 6.42 Å². The van der Waals surface area contributed by atoms with Crippen LogP contribution in [-0.2, 0) is 22.6 Å². The predicted octanol–water partition coefficient (Wildman–Crippen LogP) is 1.22. The maximum absolute atomic E-state index is 12.4. The molecule has 3 heterocycles. The summed E-state index contributed by atoms with van der Waals surface area (Å²) in [6.45, 7) is 4.14. The van der Waals surface area contributed by atoms with Crippen LogP contribution in [0, 0.1) is 5.92 Å². The van der Waals surface area contributed by atoms with Gasteiger partial charge in [-0.2, -0.15) is 0 Å². The Morgan fingerprint density at radius 3 is 2.77 bits per heavy atom. The second-order valence-electron chi connectivity index (χ2n) is 6.20. The minimum atomic E-state index is -0.185. The number of rotatable bonds is 4. The van der Waals surface area contributed by atoms with E-state index in [4.69, 9.17) is 5.73 Å². The molecule has 0 bridgehead atoms. The van der Waals surface area contributed by atoms with Gasteiger partial charge in [0, 0.05) is 36.9 Å². The van der Waals surface area contributed by atoms with Crippen LogP contribution < -0.4 is 5.73 Å². The van der Waals surface area contributed by atoms with Crippen LogP contribution in [0.25, 0.3) is 0 Å². The van der Waals surface area contributed by atoms with E-state index in [1.807, 2.05) is 4.90 Å². The molecule has 0 spiro atoms. The van der Waals surface area contributed by atoms with E-state index in [0.717, 1.165) is 52.0 Å². The zero-order valence-electron chi connectivity index (χ0n) is 12.8. The van der Waals surface area contributed by atoms with Gasteiger partial charge in [-0.1, -0.05) is 0 Å². The highest BCUT2D eigenvalue weighted by atomic mass is 32.1. The number of fused-ring (bicyclic) bond motifs is 1. The monoisotopic (exact) mass is 321 g/mol. The Morgan fingerprint density at radius 1 is 1.27 bits per heavy atom. The van der Waals surface area contributed by atoms with Crippen LogP contribution in [-0.4, -0.2) is 47.8 Å². The summed E-state index contributed by atoms with van der Waals surface area (Å²) >= 11 is 1.79. The van der Waals surface area contributed by atoms with E-state index in [2.05, 4.69) is 16.3 Å². The molecule has 5 nitrogen and oxygen atoms in total. The number of likely N-dealkylation sites (tertiary alicyclic amines) is 1. The van der Waals surface area contributed by atoms with Crippen molar-refractivity contribution in [3.8, 4) is 0 Å². The van der Waals surface area contributed by atoms with Gasteiger partial charge in [-0.15, -0.1) is 11.3 Å². The van der Waals surface area contributed by atoms with Gasteiger partial charge in [0.05, 0.1) is 0 Å². The zero-order chi connectivity index (χ0) is 15.5. The van der Waals surface area contributed by atoms with Crippen molar-refractivity contribution < 1.29 is 9.59 Å². The molecule has 2 amide bonds. The molecular formula is C16H23N3O2S. The Labute approximate surface area is 135 Å². The van der Waals surface area contributed by atoms with Crippen molar-refractivity contribution in [1.82, 2.24) is 9.80 Å². The molecule has 1 saturated heterocycles. The highest BCUT2D eigenvalue weighted by Crippen LogP contribution is 2.24. The lowest BCUT2D eigenvalue weighted by molar-refractivity contribution is -0.132. The van der Waals surface area contributed by atoms with Crippen molar-refractivity contribution in [3.63, 3.8) is 0 Å². The average Bonchev–Trinajstić information content (AvgIpc) is 3.00. The van der Waals surface area contributed by atoms with Crippen molar-refractivity contribution in [2.75, 3.05) is 26.2 Å². The van der Waals surface area contributed by atoms with Gasteiger partial charge in [-0.25, -0.2) is 0 Å². The van der Waals surface area contributed by atoms with Gasteiger partial charge in [0.2, 0.25) is 11.8 Å². The predicted molar refractivity (Wildman–Crippen MR) is 86.4 cm³/mol. The van der Waals surface area contributed by atoms with Gasteiger partial charge >= 0.3 is 0 Å². The number of primary amides is 1. The first-order valence-corrected chi connectivity index (χ1v) is 8.86. The van der Waals surface area contributed by atoms with Crippen molar-refractivity contribution in [1.29, 1.82) is 0 Å². The number of amides is 2. The second kappa shape index (κ2) is 6.79. The fourth-order valence-electron chi connectivity index (χ4n) is 3.31. The van der Waals surface area contributed by atoms with Gasteiger partial charge in [0.25, 0.3) is 0 Å². The van der Waals surface area contributed by atoms with Crippen LogP contribution in [0.3, 0.4) is 0 Å². The smallest absolute Gasteiger partial charge is 0.224 e. The first kappa shape index (κ1) is 15.5. The first-order valence-electron chi connectivity index (χ1n) is 7.98. The number of hydrogen-bond acceptors (Lipinski definition) is 4. The maximum atomic E-state index is 12.4. The Kier molecular flexibility index (Phi) is 4.78. The number of nitrogens with zero attached hydrogens (tertiary/aromatic N) is 2. The Hall–Kier alpha value is -1.40. The molecule has 0 saturated carbocycles. The van der Waals surface area contributed by atoms with E-state index >= 15 is 0 Å². The Bertz CT molecular complexity index is 549. The molecule has 0 atom stereocenters. The lowest BCUT2D eigenvalue weighted by Crippen LogP contribution is -2.41. The summed E-state index contributed by atoms with van der Waals surface area (Å²) in [6, 6.07) is 2.13. The van der Waals surface area contributed by atoms with Crippen LogP contribution in [0.2, 0.25) is 0 Å². The number of piperidine rings is 1. The molecule has 120 valence electrons. The lowest BCUT2D eigenvalue weighted by atomic mass is 9.96. The van der Waals surface area contributed by atoms with Crippen LogP contribution in [0.15, 0.2) is 11.4 Å². The summed E-state index contributed by atoms with van der Waals surface area (Å²) in [5.41, 5.74) is 6.66. The van der Waals surface area contributed by atoms with E-state index in [9.17, 15) is 9.59 Å². The molecule has 0 aromatic carbocycles. The van der Waals surface area contributed by atoms with E-state index in [1.165, 1.54) is 10.4 Å². The third-order valence-electron chi connectivity index (χ3n) is 4.79. The number of carbonyl (C=O) groups excluding carboxylic acids is 2. The highest BCUT2D eigenvalue weighted by molar-refractivity contribution is 7.10. The quantitative estimate of drug-likeness (QED) is 0.907. The molecule has 1 aromatic heterocycles. The standard InChI is InChI=1S/C16H23N3O2S/c17-16(21)12-1-6-18(7-2-12)8-4-15(20)19-9-3-14-13(11-19)5-10-22-14/h5,10,12H,1-4,6-9,11H2,(H2,17,21). The Morgan fingerprint density at radius 2 is 2.05 bits per heavy atom. The summed E-state index contributed by atoms with van der Waals surface area (Å²) in [4.78, 5) is 29.2. The van der Waals surface area contributed by atoms with Crippen molar-refractivity contribution in [3.05, 3.63) is 21.9 Å². The number of nitrogens with two attached hydrogens (primary N) is 1. The molecule has 3 rings (SSSR count). The number of carbonyl (C=O) groups is 2. The molecule has 2 aliphatic rings. The van der Waals surface area contributed by atoms with Crippen LogP contribution in [0.5, 0.6) is 0 Å². The van der Waals surface area contributed by atoms with Gasteiger partial charge in [0.15, 0.2) is 0 Å². The highest BCUT2D eigenvalue weighted by Gasteiger charge is 2.25. The summed E-state index contributed by atoms with van der Waals surface area (Å²) in [5, 5.41) is 2.11. The second-order valence-corrected chi connectivity index (χ2v) is 7.20. The van der Waals surface area contributed by atoms with Crippen LogP contribution >= 0.6 is 11.3 Å². The van der Waals surface area contributed by atoms with Crippen molar-refractivity contribution >= 4 is 23.2 Å². The van der Waals surface area contributed by atoms with Crippen molar-refractivity contribution in [2.45, 2.75) is 32.2 Å². The van der Waals surface area contributed by atoms with Crippen molar-refractivity contribution in [2.24, 2.45) is 11.7 Å². The fraction of sp³-hybridized carbons (Fsp3) is 0.625. The third-order valence-corrected chi connectivity index (χ3v) is 5.82. The van der Waals surface area contributed by atoms with E-state index in [-0.39, 0.29) is 17.7 Å². The van der Waals surface area contributed by atoms with E-state index in [1.54, 1.807) is 11.3 Å². The molecule has 0 aliphatic carbocycles. The van der Waals surface area contributed by atoms with E-state index < -0.39 is 0 Å². The van der Waals surface area contributed by atoms with Crippen LogP contribution in [0.1, 0.15) is 29.7 Å². The van der Waals surface area contributed by atoms with Crippen LogP contribution in [0.4, 0.5) is 0 Å². The van der Waals surface area contributed by atoms with Gasteiger partial charge in [-0.3, -0.25) is 9.59 Å². The molecule has 6 heteroatoms. The molecule has 2 aliphatic heterocycles. The molecule has 2 N–H and O–H groups in total. The largest absolute Gasteiger partial charge is 0.369 e.